The lowest BCUT2D eigenvalue weighted by Crippen LogP contribution is -1.98. The first-order chi connectivity index (χ1) is 9.93. The molecule has 114 valence electrons. The van der Waals surface area contributed by atoms with Gasteiger partial charge < -0.3 is 4.74 Å². The topological polar surface area (TPSA) is 9.23 Å². The molecule has 0 aromatic heterocycles. The Morgan fingerprint density at radius 1 is 0.700 bits per heavy atom. The van der Waals surface area contributed by atoms with E-state index in [2.05, 4.69) is 46.3 Å². The van der Waals surface area contributed by atoms with Crippen LogP contribution < -0.4 is 0 Å². The number of ether oxygens (including phenoxy) is 1. The highest BCUT2D eigenvalue weighted by Crippen LogP contribution is 2.07. The van der Waals surface area contributed by atoms with E-state index in [1.54, 1.807) is 0 Å². The van der Waals surface area contributed by atoms with E-state index >= 15 is 0 Å². The molecule has 0 amide bonds. The molecule has 1 rings (SSSR count). The number of unbranched alkanes of at least 4 members (excludes halogenated alkanes) is 6. The molecule has 0 heterocycles. The van der Waals surface area contributed by atoms with Crippen LogP contribution in [0.5, 0.6) is 0 Å². The highest BCUT2D eigenvalue weighted by molar-refractivity contribution is 9.09. The Hall–Kier alpha value is -0.340. The Balaban J connectivity index is 1.77. The maximum atomic E-state index is 5.69. The van der Waals surface area contributed by atoms with Gasteiger partial charge in [-0.1, -0.05) is 71.9 Å². The Morgan fingerprint density at radius 3 is 2.00 bits per heavy atom. The summed E-state index contributed by atoms with van der Waals surface area (Å²) in [5.41, 5.74) is 1.44. The molecule has 0 N–H and O–H groups in total. The minimum atomic E-state index is 0.927. The van der Waals surface area contributed by atoms with E-state index in [0.717, 1.165) is 18.5 Å². The summed E-state index contributed by atoms with van der Waals surface area (Å²) in [7, 11) is 0. The number of halogens is 1. The summed E-state index contributed by atoms with van der Waals surface area (Å²) >= 11 is 3.47. The molecule has 2 heteroatoms. The Kier molecular flexibility index (Phi) is 12.1. The maximum absolute atomic E-state index is 5.69. The molecule has 0 atom stereocenters. The van der Waals surface area contributed by atoms with Crippen LogP contribution in [0, 0.1) is 0 Å². The zero-order valence-corrected chi connectivity index (χ0v) is 14.2. The number of hydrogen-bond donors (Lipinski definition) is 0. The van der Waals surface area contributed by atoms with Crippen molar-refractivity contribution in [3.8, 4) is 0 Å². The van der Waals surface area contributed by atoms with Gasteiger partial charge in [-0.3, -0.25) is 0 Å². The fourth-order valence-electron chi connectivity index (χ4n) is 2.29. The average Bonchev–Trinajstić information content (AvgIpc) is 2.49. The third kappa shape index (κ3) is 10.4. The molecule has 0 fully saturated rings. The number of rotatable bonds is 13. The van der Waals surface area contributed by atoms with Crippen LogP contribution in [0.2, 0.25) is 0 Å². The van der Waals surface area contributed by atoms with Gasteiger partial charge in [0, 0.05) is 18.5 Å². The number of hydrogen-bond acceptors (Lipinski definition) is 1. The standard InChI is InChI=1S/C18H29BrO/c19-15-9-3-1-2-4-10-16-20-17-11-8-14-18-12-6-5-7-13-18/h5-7,12-13H,1-4,8-11,14-17H2. The van der Waals surface area contributed by atoms with Crippen molar-refractivity contribution in [2.75, 3.05) is 18.5 Å². The zero-order valence-electron chi connectivity index (χ0n) is 12.7. The monoisotopic (exact) mass is 340 g/mol. The van der Waals surface area contributed by atoms with E-state index in [-0.39, 0.29) is 0 Å². The highest BCUT2D eigenvalue weighted by atomic mass is 79.9. The molecular formula is C18H29BrO. The largest absolute Gasteiger partial charge is 0.381 e. The highest BCUT2D eigenvalue weighted by Gasteiger charge is 1.94. The van der Waals surface area contributed by atoms with Crippen LogP contribution in [0.1, 0.15) is 56.9 Å². The molecule has 1 nitrogen and oxygen atoms in total. The van der Waals surface area contributed by atoms with Crippen molar-refractivity contribution in [1.82, 2.24) is 0 Å². The summed E-state index contributed by atoms with van der Waals surface area (Å²) in [5, 5.41) is 1.15. The SMILES string of the molecule is BrCCCCCCCCOCCCCc1ccccc1. The minimum Gasteiger partial charge on any atom is -0.381 e. The van der Waals surface area contributed by atoms with Gasteiger partial charge in [0.25, 0.3) is 0 Å². The second-order valence-corrected chi connectivity index (χ2v) is 6.16. The van der Waals surface area contributed by atoms with Crippen LogP contribution in [0.4, 0.5) is 0 Å². The first kappa shape index (κ1) is 17.7. The first-order valence-corrected chi connectivity index (χ1v) is 9.23. The quantitative estimate of drug-likeness (QED) is 0.327. The van der Waals surface area contributed by atoms with E-state index in [0.29, 0.717) is 0 Å². The van der Waals surface area contributed by atoms with Gasteiger partial charge in [0.05, 0.1) is 0 Å². The zero-order chi connectivity index (χ0) is 14.3. The third-order valence-corrected chi connectivity index (χ3v) is 4.08. The molecule has 20 heavy (non-hydrogen) atoms. The Bertz CT molecular complexity index is 300. The molecule has 0 bridgehead atoms. The molecule has 0 aliphatic rings. The first-order valence-electron chi connectivity index (χ1n) is 8.11. The minimum absolute atomic E-state index is 0.927. The summed E-state index contributed by atoms with van der Waals surface area (Å²) in [5.74, 6) is 0. The van der Waals surface area contributed by atoms with Crippen LogP contribution in [-0.4, -0.2) is 18.5 Å². The van der Waals surface area contributed by atoms with Crippen LogP contribution >= 0.6 is 15.9 Å². The molecule has 0 spiro atoms. The summed E-state index contributed by atoms with van der Waals surface area (Å²) < 4.78 is 5.69. The number of aryl methyl sites for hydroxylation is 1. The van der Waals surface area contributed by atoms with Crippen LogP contribution in [0.25, 0.3) is 0 Å². The molecule has 1 aromatic carbocycles. The molecular weight excluding hydrogens is 312 g/mol. The van der Waals surface area contributed by atoms with Gasteiger partial charge in [-0.15, -0.1) is 0 Å². The summed E-state index contributed by atoms with van der Waals surface area (Å²) in [6.45, 7) is 1.88. The van der Waals surface area contributed by atoms with Crippen molar-refractivity contribution < 1.29 is 4.74 Å². The lowest BCUT2D eigenvalue weighted by Gasteiger charge is -2.05. The molecule has 0 unspecified atom stereocenters. The number of benzene rings is 1. The molecule has 0 radical (unpaired) electrons. The van der Waals surface area contributed by atoms with Crippen molar-refractivity contribution in [2.24, 2.45) is 0 Å². The molecule has 1 aromatic rings. The molecule has 0 saturated carbocycles. The van der Waals surface area contributed by atoms with Crippen molar-refractivity contribution in [3.63, 3.8) is 0 Å². The summed E-state index contributed by atoms with van der Waals surface area (Å²) in [6, 6.07) is 10.7. The van der Waals surface area contributed by atoms with Gasteiger partial charge in [0.2, 0.25) is 0 Å². The third-order valence-electron chi connectivity index (χ3n) is 3.52. The van der Waals surface area contributed by atoms with Gasteiger partial charge >= 0.3 is 0 Å². The second-order valence-electron chi connectivity index (χ2n) is 5.37. The van der Waals surface area contributed by atoms with Gasteiger partial charge in [-0.25, -0.2) is 0 Å². The fraction of sp³-hybridized carbons (Fsp3) is 0.667. The van der Waals surface area contributed by atoms with E-state index in [1.807, 2.05) is 0 Å². The van der Waals surface area contributed by atoms with Crippen LogP contribution in [0.3, 0.4) is 0 Å². The van der Waals surface area contributed by atoms with Gasteiger partial charge in [0.15, 0.2) is 0 Å². The van der Waals surface area contributed by atoms with Crippen molar-refractivity contribution in [2.45, 2.75) is 57.8 Å². The molecule has 0 aliphatic heterocycles. The Labute approximate surface area is 133 Å². The van der Waals surface area contributed by atoms with Gasteiger partial charge in [0.1, 0.15) is 0 Å². The Morgan fingerprint density at radius 2 is 1.30 bits per heavy atom. The van der Waals surface area contributed by atoms with Crippen molar-refractivity contribution in [1.29, 1.82) is 0 Å². The van der Waals surface area contributed by atoms with Gasteiger partial charge in [-0.2, -0.15) is 0 Å². The van der Waals surface area contributed by atoms with Gasteiger partial charge in [-0.05, 0) is 37.7 Å². The second kappa shape index (κ2) is 13.6. The van der Waals surface area contributed by atoms with Crippen molar-refractivity contribution >= 4 is 15.9 Å². The van der Waals surface area contributed by atoms with E-state index in [1.165, 1.54) is 63.4 Å². The fourth-order valence-corrected chi connectivity index (χ4v) is 2.68. The van der Waals surface area contributed by atoms with Crippen LogP contribution in [0.15, 0.2) is 30.3 Å². The van der Waals surface area contributed by atoms with E-state index < -0.39 is 0 Å². The predicted octanol–water partition coefficient (Wildman–Crippen LogP) is 5.76. The smallest absolute Gasteiger partial charge is 0.0466 e. The molecule has 0 aliphatic carbocycles. The van der Waals surface area contributed by atoms with E-state index in [9.17, 15) is 0 Å². The lowest BCUT2D eigenvalue weighted by molar-refractivity contribution is 0.126. The summed E-state index contributed by atoms with van der Waals surface area (Å²) in [4.78, 5) is 0. The predicted molar refractivity (Wildman–Crippen MR) is 91.7 cm³/mol. The molecule has 0 saturated heterocycles. The van der Waals surface area contributed by atoms with E-state index in [4.69, 9.17) is 4.74 Å². The summed E-state index contributed by atoms with van der Waals surface area (Å²) in [6.07, 6.45) is 11.6. The normalized spacial score (nSPS) is 10.8. The average molecular weight is 341 g/mol. The number of alkyl halides is 1. The maximum Gasteiger partial charge on any atom is 0.0466 e. The van der Waals surface area contributed by atoms with Crippen LogP contribution in [-0.2, 0) is 11.2 Å². The van der Waals surface area contributed by atoms with Crippen molar-refractivity contribution in [3.05, 3.63) is 35.9 Å². The lowest BCUT2D eigenvalue weighted by atomic mass is 10.1.